The Bertz CT molecular complexity index is 385. The maximum absolute atomic E-state index is 5.14. The maximum atomic E-state index is 5.14. The summed E-state index contributed by atoms with van der Waals surface area (Å²) in [6, 6.07) is 11.8. The van der Waals surface area contributed by atoms with Gasteiger partial charge in [-0.1, -0.05) is 26.7 Å². The Morgan fingerprint density at radius 2 is 1.53 bits per heavy atom. The van der Waals surface area contributed by atoms with Crippen molar-refractivity contribution < 1.29 is 4.74 Å². The highest BCUT2D eigenvalue weighted by molar-refractivity contribution is 6.87. The molecule has 0 aliphatic heterocycles. The fraction of sp³-hybridized carbons (Fsp3) is 0.467. The van der Waals surface area contributed by atoms with Crippen LogP contribution in [0.25, 0.3) is 0 Å². The Morgan fingerprint density at radius 3 is 1.94 bits per heavy atom. The molecule has 0 saturated heterocycles. The van der Waals surface area contributed by atoms with Crippen LogP contribution in [0.2, 0.25) is 18.1 Å². The second-order valence-corrected chi connectivity index (χ2v) is 9.25. The second-order valence-electron chi connectivity index (χ2n) is 4.32. The molecule has 1 nitrogen and oxygen atoms in total. The molecule has 0 aliphatic carbocycles. The summed E-state index contributed by atoms with van der Waals surface area (Å²) in [6.45, 7) is 6.84. The van der Waals surface area contributed by atoms with Gasteiger partial charge in [0.15, 0.2) is 0 Å². The van der Waals surface area contributed by atoms with E-state index in [1.165, 1.54) is 18.1 Å². The van der Waals surface area contributed by atoms with E-state index in [4.69, 9.17) is 4.74 Å². The van der Waals surface area contributed by atoms with Gasteiger partial charge in [-0.15, -0.1) is 5.54 Å². The number of benzene rings is 1. The van der Waals surface area contributed by atoms with Crippen molar-refractivity contribution in [3.05, 3.63) is 29.8 Å². The van der Waals surface area contributed by atoms with Crippen molar-refractivity contribution in [2.24, 2.45) is 0 Å². The van der Waals surface area contributed by atoms with Crippen LogP contribution in [-0.4, -0.2) is 15.2 Å². The molecular formula is C15H22OSi. The van der Waals surface area contributed by atoms with Crippen LogP contribution in [0, 0.1) is 11.5 Å². The van der Waals surface area contributed by atoms with Crippen LogP contribution in [0.3, 0.4) is 0 Å². The van der Waals surface area contributed by atoms with E-state index in [0.717, 1.165) is 11.3 Å². The van der Waals surface area contributed by atoms with Gasteiger partial charge >= 0.3 is 0 Å². The lowest BCUT2D eigenvalue weighted by Crippen LogP contribution is -2.29. The molecule has 1 aromatic carbocycles. The molecule has 0 amide bonds. The molecule has 0 atom stereocenters. The molecule has 0 heterocycles. The second kappa shape index (κ2) is 6.51. The number of rotatable bonds is 4. The van der Waals surface area contributed by atoms with Gasteiger partial charge < -0.3 is 4.74 Å². The van der Waals surface area contributed by atoms with Crippen molar-refractivity contribution in [1.82, 2.24) is 0 Å². The Hall–Kier alpha value is -1.20. The topological polar surface area (TPSA) is 9.23 Å². The lowest BCUT2D eigenvalue weighted by molar-refractivity contribution is 0.415. The van der Waals surface area contributed by atoms with Crippen LogP contribution in [0.15, 0.2) is 24.3 Å². The molecule has 1 aromatic rings. The maximum Gasteiger partial charge on any atom is 0.138 e. The summed E-state index contributed by atoms with van der Waals surface area (Å²) in [5, 5.41) is 0. The fourth-order valence-electron chi connectivity index (χ4n) is 1.89. The molecule has 92 valence electrons. The number of ether oxygens (including phenoxy) is 1. The predicted molar refractivity (Wildman–Crippen MR) is 77.1 cm³/mol. The zero-order chi connectivity index (χ0) is 12.7. The standard InChI is InChI=1S/C15H22OSi/c1-5-17(6-2,7-3)13-12-14-8-10-15(16-4)11-9-14/h8-11H,5-7H2,1-4H3. The molecule has 17 heavy (non-hydrogen) atoms. The van der Waals surface area contributed by atoms with E-state index in [0.29, 0.717) is 0 Å². The Kier molecular flexibility index (Phi) is 5.31. The van der Waals surface area contributed by atoms with Crippen LogP contribution in [0.1, 0.15) is 26.3 Å². The van der Waals surface area contributed by atoms with Gasteiger partial charge in [0.05, 0.1) is 7.11 Å². The summed E-state index contributed by atoms with van der Waals surface area (Å²) in [5.41, 5.74) is 4.68. The first kappa shape index (κ1) is 13.9. The zero-order valence-corrected chi connectivity index (χ0v) is 12.3. The van der Waals surface area contributed by atoms with E-state index in [2.05, 4.69) is 32.2 Å². The molecule has 0 radical (unpaired) electrons. The summed E-state index contributed by atoms with van der Waals surface area (Å²) in [6.07, 6.45) is 0. The normalized spacial score (nSPS) is 10.6. The van der Waals surface area contributed by atoms with Crippen molar-refractivity contribution in [2.75, 3.05) is 7.11 Å². The molecule has 0 saturated carbocycles. The van der Waals surface area contributed by atoms with Gasteiger partial charge in [-0.3, -0.25) is 0 Å². The summed E-state index contributed by atoms with van der Waals surface area (Å²) in [7, 11) is 0.370. The van der Waals surface area contributed by atoms with E-state index < -0.39 is 8.07 Å². The van der Waals surface area contributed by atoms with Gasteiger partial charge in [-0.25, -0.2) is 0 Å². The molecule has 0 unspecified atom stereocenters. The van der Waals surface area contributed by atoms with Crippen molar-refractivity contribution in [3.63, 3.8) is 0 Å². The minimum Gasteiger partial charge on any atom is -0.497 e. The van der Waals surface area contributed by atoms with Crippen molar-refractivity contribution in [2.45, 2.75) is 38.9 Å². The molecule has 1 rings (SSSR count). The summed E-state index contributed by atoms with van der Waals surface area (Å²) >= 11 is 0. The monoisotopic (exact) mass is 246 g/mol. The van der Waals surface area contributed by atoms with Gasteiger partial charge in [0, 0.05) is 5.56 Å². The van der Waals surface area contributed by atoms with E-state index in [1.54, 1.807) is 7.11 Å². The first-order valence-electron chi connectivity index (χ1n) is 6.37. The third-order valence-corrected chi connectivity index (χ3v) is 8.31. The van der Waals surface area contributed by atoms with Gasteiger partial charge in [-0.05, 0) is 42.4 Å². The smallest absolute Gasteiger partial charge is 0.138 e. The Morgan fingerprint density at radius 1 is 1.00 bits per heavy atom. The minimum absolute atomic E-state index is 0.889. The van der Waals surface area contributed by atoms with Crippen LogP contribution in [0.5, 0.6) is 5.75 Å². The Balaban J connectivity index is 2.89. The minimum atomic E-state index is -1.31. The molecule has 0 bridgehead atoms. The van der Waals surface area contributed by atoms with E-state index in [1.807, 2.05) is 24.3 Å². The highest BCUT2D eigenvalue weighted by Crippen LogP contribution is 2.19. The predicted octanol–water partition coefficient (Wildman–Crippen LogP) is 4.09. The molecule has 0 aliphatic rings. The number of methoxy groups -OCH3 is 1. The third-order valence-electron chi connectivity index (χ3n) is 3.59. The first-order chi connectivity index (χ1) is 8.19. The molecule has 0 aromatic heterocycles. The van der Waals surface area contributed by atoms with Crippen LogP contribution in [0.4, 0.5) is 0 Å². The van der Waals surface area contributed by atoms with E-state index >= 15 is 0 Å². The highest BCUT2D eigenvalue weighted by Gasteiger charge is 2.23. The summed E-state index contributed by atoms with van der Waals surface area (Å²) < 4.78 is 5.14. The lowest BCUT2D eigenvalue weighted by atomic mass is 10.2. The first-order valence-corrected chi connectivity index (χ1v) is 8.99. The highest BCUT2D eigenvalue weighted by atomic mass is 28.3. The molecule has 0 fully saturated rings. The van der Waals surface area contributed by atoms with Gasteiger partial charge in [0.1, 0.15) is 13.8 Å². The average molecular weight is 246 g/mol. The van der Waals surface area contributed by atoms with E-state index in [9.17, 15) is 0 Å². The molecule has 0 spiro atoms. The zero-order valence-electron chi connectivity index (χ0n) is 11.3. The molecule has 0 N–H and O–H groups in total. The molecule has 2 heteroatoms. The van der Waals surface area contributed by atoms with Crippen molar-refractivity contribution in [1.29, 1.82) is 0 Å². The van der Waals surface area contributed by atoms with Crippen molar-refractivity contribution in [3.8, 4) is 17.2 Å². The molecular weight excluding hydrogens is 224 g/mol. The number of hydrogen-bond acceptors (Lipinski definition) is 1. The average Bonchev–Trinajstić information content (AvgIpc) is 2.41. The summed E-state index contributed by atoms with van der Waals surface area (Å²) in [4.78, 5) is 0. The van der Waals surface area contributed by atoms with Crippen LogP contribution < -0.4 is 4.74 Å². The largest absolute Gasteiger partial charge is 0.497 e. The third kappa shape index (κ3) is 3.64. The van der Waals surface area contributed by atoms with Crippen LogP contribution in [-0.2, 0) is 0 Å². The quantitative estimate of drug-likeness (QED) is 0.574. The Labute approximate surface area is 106 Å². The number of hydrogen-bond donors (Lipinski definition) is 0. The van der Waals surface area contributed by atoms with Gasteiger partial charge in [0.2, 0.25) is 0 Å². The lowest BCUT2D eigenvalue weighted by Gasteiger charge is -2.19. The SMILES string of the molecule is CC[Si](C#Cc1ccc(OC)cc1)(CC)CC. The summed E-state index contributed by atoms with van der Waals surface area (Å²) in [5.74, 6) is 4.24. The van der Waals surface area contributed by atoms with Gasteiger partial charge in [0.25, 0.3) is 0 Å². The fourth-order valence-corrected chi connectivity index (χ4v) is 4.33. The van der Waals surface area contributed by atoms with E-state index in [-0.39, 0.29) is 0 Å². The van der Waals surface area contributed by atoms with Crippen LogP contribution >= 0.6 is 0 Å². The van der Waals surface area contributed by atoms with Gasteiger partial charge in [-0.2, -0.15) is 0 Å². The van der Waals surface area contributed by atoms with Crippen molar-refractivity contribution >= 4 is 8.07 Å².